The van der Waals surface area contributed by atoms with Crippen molar-refractivity contribution in [2.24, 2.45) is 11.3 Å². The average Bonchev–Trinajstić information content (AvgIpc) is 2.35. The molecule has 1 saturated heterocycles. The monoisotopic (exact) mass is 256 g/mol. The summed E-state index contributed by atoms with van der Waals surface area (Å²) in [6.45, 7) is 13.2. The summed E-state index contributed by atoms with van der Waals surface area (Å²) in [5, 5.41) is 3.52. The van der Waals surface area contributed by atoms with Crippen LogP contribution < -0.4 is 5.32 Å². The fraction of sp³-hybridized carbons (Fsp3) is 1.00. The molecule has 0 aliphatic carbocycles. The predicted octanol–water partition coefficient (Wildman–Crippen LogP) is 2.37. The highest BCUT2D eigenvalue weighted by Crippen LogP contribution is 2.29. The van der Waals surface area contributed by atoms with Gasteiger partial charge in [-0.1, -0.05) is 20.8 Å². The molecule has 1 atom stereocenters. The van der Waals surface area contributed by atoms with E-state index in [9.17, 15) is 0 Å². The van der Waals surface area contributed by atoms with Crippen molar-refractivity contribution in [2.75, 3.05) is 46.4 Å². The maximum Gasteiger partial charge on any atom is 0.0546 e. The minimum absolute atomic E-state index is 0.333. The summed E-state index contributed by atoms with van der Waals surface area (Å²) in [5.74, 6) is 0.791. The maximum absolute atomic E-state index is 5.74. The Balaban J connectivity index is 2.44. The van der Waals surface area contributed by atoms with E-state index in [1.165, 1.54) is 25.8 Å². The van der Waals surface area contributed by atoms with E-state index < -0.39 is 0 Å². The Labute approximate surface area is 113 Å². The van der Waals surface area contributed by atoms with Crippen molar-refractivity contribution < 1.29 is 4.74 Å². The third-order valence-electron chi connectivity index (χ3n) is 3.85. The zero-order chi connectivity index (χ0) is 13.4. The lowest BCUT2D eigenvalue weighted by Crippen LogP contribution is -2.48. The highest BCUT2D eigenvalue weighted by atomic mass is 16.5. The molecule has 18 heavy (non-hydrogen) atoms. The summed E-state index contributed by atoms with van der Waals surface area (Å²) >= 11 is 0. The van der Waals surface area contributed by atoms with Crippen LogP contribution >= 0.6 is 0 Å². The highest BCUT2D eigenvalue weighted by Gasteiger charge is 2.33. The summed E-state index contributed by atoms with van der Waals surface area (Å²) < 4.78 is 5.74. The Morgan fingerprint density at radius 2 is 2.17 bits per heavy atom. The van der Waals surface area contributed by atoms with Crippen LogP contribution in [0.15, 0.2) is 0 Å². The summed E-state index contributed by atoms with van der Waals surface area (Å²) in [6.07, 6.45) is 3.80. The van der Waals surface area contributed by atoms with Crippen LogP contribution in [0.5, 0.6) is 0 Å². The van der Waals surface area contributed by atoms with E-state index in [2.05, 4.69) is 38.0 Å². The van der Waals surface area contributed by atoms with Gasteiger partial charge in [-0.3, -0.25) is 0 Å². The summed E-state index contributed by atoms with van der Waals surface area (Å²) in [6, 6.07) is 0. The number of ether oxygens (including phenoxy) is 1. The van der Waals surface area contributed by atoms with Crippen LogP contribution in [0.25, 0.3) is 0 Å². The van der Waals surface area contributed by atoms with Crippen molar-refractivity contribution in [3.8, 4) is 0 Å². The quantitative estimate of drug-likeness (QED) is 0.721. The molecular weight excluding hydrogens is 224 g/mol. The Morgan fingerprint density at radius 1 is 1.39 bits per heavy atom. The summed E-state index contributed by atoms with van der Waals surface area (Å²) in [5.41, 5.74) is 0.333. The second-order valence-corrected chi connectivity index (χ2v) is 6.36. The topological polar surface area (TPSA) is 24.5 Å². The van der Waals surface area contributed by atoms with Gasteiger partial charge in [-0.05, 0) is 45.3 Å². The van der Waals surface area contributed by atoms with Gasteiger partial charge in [0.25, 0.3) is 0 Å². The summed E-state index contributed by atoms with van der Waals surface area (Å²) in [4.78, 5) is 2.49. The molecule has 0 aromatic heterocycles. The zero-order valence-corrected chi connectivity index (χ0v) is 12.8. The molecule has 0 aromatic rings. The molecule has 0 saturated carbocycles. The number of hydrogen-bond acceptors (Lipinski definition) is 3. The number of nitrogens with zero attached hydrogens (tertiary/aromatic N) is 1. The third kappa shape index (κ3) is 5.68. The molecule has 108 valence electrons. The number of rotatable bonds is 8. The second-order valence-electron chi connectivity index (χ2n) is 6.36. The van der Waals surface area contributed by atoms with Crippen LogP contribution in [0.2, 0.25) is 0 Å². The minimum atomic E-state index is 0.333. The standard InChI is InChI=1S/C15H32N2O/c1-5-16-11-15(8-6-10-18-13-15)12-17(4)9-7-14(2)3/h14,16H,5-13H2,1-4H3. The van der Waals surface area contributed by atoms with Crippen LogP contribution in [-0.4, -0.2) is 51.3 Å². The zero-order valence-electron chi connectivity index (χ0n) is 12.8. The van der Waals surface area contributed by atoms with Gasteiger partial charge in [0, 0.05) is 25.1 Å². The van der Waals surface area contributed by atoms with Crippen LogP contribution in [-0.2, 0) is 4.74 Å². The van der Waals surface area contributed by atoms with Crippen LogP contribution in [0.1, 0.15) is 40.0 Å². The molecule has 1 aliphatic heterocycles. The van der Waals surface area contributed by atoms with Gasteiger partial charge in [-0.2, -0.15) is 0 Å². The van der Waals surface area contributed by atoms with Crippen LogP contribution in [0, 0.1) is 11.3 Å². The van der Waals surface area contributed by atoms with Crippen molar-refractivity contribution in [1.29, 1.82) is 0 Å². The normalized spacial score (nSPS) is 25.0. The molecule has 1 aliphatic rings. The molecule has 1 unspecified atom stereocenters. The molecule has 0 aromatic carbocycles. The van der Waals surface area contributed by atoms with Gasteiger partial charge in [-0.25, -0.2) is 0 Å². The Kier molecular flexibility index (Phi) is 7.20. The van der Waals surface area contributed by atoms with Gasteiger partial charge in [-0.15, -0.1) is 0 Å². The molecule has 1 fully saturated rings. The first-order chi connectivity index (χ1) is 8.58. The number of nitrogens with one attached hydrogen (secondary N) is 1. The Bertz CT molecular complexity index is 213. The van der Waals surface area contributed by atoms with E-state index in [0.717, 1.165) is 38.8 Å². The van der Waals surface area contributed by atoms with Crippen molar-refractivity contribution in [2.45, 2.75) is 40.0 Å². The molecule has 1 rings (SSSR count). The van der Waals surface area contributed by atoms with Gasteiger partial charge in [0.05, 0.1) is 6.61 Å². The largest absolute Gasteiger partial charge is 0.381 e. The minimum Gasteiger partial charge on any atom is -0.381 e. The van der Waals surface area contributed by atoms with E-state index in [4.69, 9.17) is 4.74 Å². The molecule has 3 nitrogen and oxygen atoms in total. The van der Waals surface area contributed by atoms with E-state index in [1.807, 2.05) is 0 Å². The van der Waals surface area contributed by atoms with Gasteiger partial charge in [0.2, 0.25) is 0 Å². The van der Waals surface area contributed by atoms with E-state index >= 15 is 0 Å². The third-order valence-corrected chi connectivity index (χ3v) is 3.85. The average molecular weight is 256 g/mol. The molecule has 0 bridgehead atoms. The Hall–Kier alpha value is -0.120. The van der Waals surface area contributed by atoms with Crippen LogP contribution in [0.4, 0.5) is 0 Å². The van der Waals surface area contributed by atoms with Crippen LogP contribution in [0.3, 0.4) is 0 Å². The number of hydrogen-bond donors (Lipinski definition) is 1. The molecule has 0 amide bonds. The molecule has 1 heterocycles. The molecular formula is C15H32N2O. The van der Waals surface area contributed by atoms with Crippen molar-refractivity contribution in [3.63, 3.8) is 0 Å². The van der Waals surface area contributed by atoms with Gasteiger partial charge < -0.3 is 15.0 Å². The fourth-order valence-electron chi connectivity index (χ4n) is 2.75. The first-order valence-electron chi connectivity index (χ1n) is 7.55. The fourth-order valence-corrected chi connectivity index (χ4v) is 2.75. The van der Waals surface area contributed by atoms with Crippen molar-refractivity contribution in [1.82, 2.24) is 10.2 Å². The lowest BCUT2D eigenvalue weighted by molar-refractivity contribution is -0.0228. The molecule has 3 heteroatoms. The maximum atomic E-state index is 5.74. The lowest BCUT2D eigenvalue weighted by atomic mass is 9.81. The second kappa shape index (κ2) is 8.13. The van der Waals surface area contributed by atoms with Gasteiger partial charge >= 0.3 is 0 Å². The van der Waals surface area contributed by atoms with E-state index in [-0.39, 0.29) is 0 Å². The predicted molar refractivity (Wildman–Crippen MR) is 78.0 cm³/mol. The first kappa shape index (κ1) is 15.9. The first-order valence-corrected chi connectivity index (χ1v) is 7.55. The SMILES string of the molecule is CCNCC1(CN(C)CCC(C)C)CCCOC1. The van der Waals surface area contributed by atoms with Crippen molar-refractivity contribution in [3.05, 3.63) is 0 Å². The molecule has 1 N–H and O–H groups in total. The molecule has 0 radical (unpaired) electrons. The smallest absolute Gasteiger partial charge is 0.0546 e. The summed E-state index contributed by atoms with van der Waals surface area (Å²) in [7, 11) is 2.25. The van der Waals surface area contributed by atoms with E-state index in [1.54, 1.807) is 0 Å². The van der Waals surface area contributed by atoms with Gasteiger partial charge in [0.1, 0.15) is 0 Å². The van der Waals surface area contributed by atoms with Gasteiger partial charge in [0.15, 0.2) is 0 Å². The highest BCUT2D eigenvalue weighted by molar-refractivity contribution is 4.86. The molecule has 0 spiro atoms. The van der Waals surface area contributed by atoms with E-state index in [0.29, 0.717) is 5.41 Å². The Morgan fingerprint density at radius 3 is 2.72 bits per heavy atom. The lowest BCUT2D eigenvalue weighted by Gasteiger charge is -2.40. The van der Waals surface area contributed by atoms with Crippen molar-refractivity contribution >= 4 is 0 Å².